The molecule has 3 aromatic carbocycles. The van der Waals surface area contributed by atoms with Gasteiger partial charge in [-0.05, 0) is 55.5 Å². The lowest BCUT2D eigenvalue weighted by molar-refractivity contribution is 0.501. The van der Waals surface area contributed by atoms with Crippen LogP contribution in [0.1, 0.15) is 17.3 Å². The average molecular weight is 476 g/mol. The van der Waals surface area contributed by atoms with Crippen molar-refractivity contribution in [2.24, 2.45) is 0 Å². The van der Waals surface area contributed by atoms with Crippen LogP contribution in [0.25, 0.3) is 28.5 Å². The van der Waals surface area contributed by atoms with E-state index in [-0.39, 0.29) is 0 Å². The Hall–Kier alpha value is -3.48. The first-order chi connectivity index (χ1) is 16.1. The topological polar surface area (TPSA) is 69.6 Å². The molecule has 2 aromatic heterocycles. The van der Waals surface area contributed by atoms with E-state index in [1.165, 1.54) is 5.56 Å². The predicted molar refractivity (Wildman–Crippen MR) is 129 cm³/mol. The number of hydrogen-bond acceptors (Lipinski definition) is 5. The van der Waals surface area contributed by atoms with Gasteiger partial charge in [0.2, 0.25) is 11.8 Å². The van der Waals surface area contributed by atoms with E-state index in [0.29, 0.717) is 40.5 Å². The fourth-order valence-corrected chi connectivity index (χ4v) is 3.88. The van der Waals surface area contributed by atoms with Gasteiger partial charge in [0.15, 0.2) is 5.82 Å². The van der Waals surface area contributed by atoms with Crippen molar-refractivity contribution in [1.82, 2.24) is 25.0 Å². The summed E-state index contributed by atoms with van der Waals surface area (Å²) in [5.41, 5.74) is 3.75. The number of para-hydroxylation sites is 1. The normalized spacial score (nSPS) is 11.1. The summed E-state index contributed by atoms with van der Waals surface area (Å²) >= 11 is 12.6. The zero-order valence-electron chi connectivity index (χ0n) is 17.7. The van der Waals surface area contributed by atoms with Crippen LogP contribution < -0.4 is 0 Å². The summed E-state index contributed by atoms with van der Waals surface area (Å²) in [5, 5.41) is 18.6. The lowest BCUT2D eigenvalue weighted by Gasteiger charge is -2.12. The molecule has 0 aliphatic heterocycles. The van der Waals surface area contributed by atoms with Crippen molar-refractivity contribution in [2.45, 2.75) is 19.8 Å². The first-order valence-electron chi connectivity index (χ1n) is 10.4. The molecule has 2 heterocycles. The van der Waals surface area contributed by atoms with Crippen molar-refractivity contribution in [3.8, 4) is 28.5 Å². The molecule has 0 N–H and O–H groups in total. The van der Waals surface area contributed by atoms with Crippen molar-refractivity contribution in [3.63, 3.8) is 0 Å². The van der Waals surface area contributed by atoms with Gasteiger partial charge < -0.3 is 4.42 Å². The highest BCUT2D eigenvalue weighted by atomic mass is 35.5. The fourth-order valence-electron chi connectivity index (χ4n) is 3.54. The smallest absolute Gasteiger partial charge is 0.247 e. The van der Waals surface area contributed by atoms with E-state index in [0.717, 1.165) is 22.6 Å². The lowest BCUT2D eigenvalue weighted by atomic mass is 10.1. The Morgan fingerprint density at radius 3 is 2.24 bits per heavy atom. The van der Waals surface area contributed by atoms with E-state index >= 15 is 0 Å². The van der Waals surface area contributed by atoms with Gasteiger partial charge in [-0.3, -0.25) is 4.57 Å². The van der Waals surface area contributed by atoms with Crippen LogP contribution in [-0.2, 0) is 12.8 Å². The summed E-state index contributed by atoms with van der Waals surface area (Å²) in [6.45, 7) is 2.04. The molecule has 0 aliphatic carbocycles. The Morgan fingerprint density at radius 2 is 1.48 bits per heavy atom. The minimum Gasteiger partial charge on any atom is -0.421 e. The lowest BCUT2D eigenvalue weighted by Crippen LogP contribution is -2.05. The van der Waals surface area contributed by atoms with Crippen molar-refractivity contribution in [2.75, 3.05) is 0 Å². The Labute approximate surface area is 200 Å². The summed E-state index contributed by atoms with van der Waals surface area (Å²) in [7, 11) is 0. The van der Waals surface area contributed by atoms with E-state index in [4.69, 9.17) is 27.6 Å². The fraction of sp³-hybridized carbons (Fsp3) is 0.120. The van der Waals surface area contributed by atoms with E-state index in [9.17, 15) is 0 Å². The molecule has 0 fully saturated rings. The van der Waals surface area contributed by atoms with Gasteiger partial charge >= 0.3 is 0 Å². The maximum Gasteiger partial charge on any atom is 0.247 e. The van der Waals surface area contributed by atoms with Gasteiger partial charge in [0.1, 0.15) is 5.82 Å². The van der Waals surface area contributed by atoms with Crippen LogP contribution in [0.4, 0.5) is 0 Å². The van der Waals surface area contributed by atoms with Gasteiger partial charge in [-0.25, -0.2) is 0 Å². The highest BCUT2D eigenvalue weighted by Crippen LogP contribution is 2.29. The van der Waals surface area contributed by atoms with Crippen LogP contribution in [0, 0.1) is 6.92 Å². The first kappa shape index (κ1) is 21.4. The van der Waals surface area contributed by atoms with Crippen molar-refractivity contribution in [1.29, 1.82) is 0 Å². The van der Waals surface area contributed by atoms with Crippen LogP contribution in [0.15, 0.2) is 77.2 Å². The zero-order valence-corrected chi connectivity index (χ0v) is 19.3. The van der Waals surface area contributed by atoms with E-state index in [2.05, 4.69) is 20.4 Å². The second kappa shape index (κ2) is 9.17. The largest absolute Gasteiger partial charge is 0.421 e. The number of aromatic nitrogens is 5. The van der Waals surface area contributed by atoms with Gasteiger partial charge in [0.25, 0.3) is 0 Å². The molecule has 33 heavy (non-hydrogen) atoms. The standard InChI is InChI=1S/C25H19Cl2N5O/c1-16-6-8-18(9-7-16)25-31-29-23(33-25)15-14-22-28-30-24(17-10-12-19(26)13-11-17)32(22)21-5-3-2-4-20(21)27/h2-13H,14-15H2,1H3. The van der Waals surface area contributed by atoms with Crippen molar-refractivity contribution < 1.29 is 4.42 Å². The number of halogens is 2. The molecule has 0 amide bonds. The third-order valence-electron chi connectivity index (χ3n) is 5.25. The number of hydrogen-bond donors (Lipinski definition) is 0. The molecule has 0 saturated heterocycles. The van der Waals surface area contributed by atoms with Crippen molar-refractivity contribution >= 4 is 23.2 Å². The molecule has 0 radical (unpaired) electrons. The minimum absolute atomic E-state index is 0.499. The molecule has 0 bridgehead atoms. The van der Waals surface area contributed by atoms with E-state index in [1.54, 1.807) is 0 Å². The van der Waals surface area contributed by atoms with Gasteiger partial charge in [0, 0.05) is 29.0 Å². The minimum atomic E-state index is 0.499. The SMILES string of the molecule is Cc1ccc(-c2nnc(CCc3nnc(-c4ccc(Cl)cc4)n3-c3ccccc3Cl)o2)cc1. The first-order valence-corrected chi connectivity index (χ1v) is 11.2. The summed E-state index contributed by atoms with van der Waals surface area (Å²) in [6, 6.07) is 23.1. The number of nitrogens with zero attached hydrogens (tertiary/aromatic N) is 5. The number of rotatable bonds is 6. The highest BCUT2D eigenvalue weighted by Gasteiger charge is 2.19. The maximum atomic E-state index is 6.53. The monoisotopic (exact) mass is 475 g/mol. The van der Waals surface area contributed by atoms with Gasteiger partial charge in [-0.1, -0.05) is 53.0 Å². The van der Waals surface area contributed by atoms with Crippen LogP contribution in [0.5, 0.6) is 0 Å². The molecule has 0 atom stereocenters. The highest BCUT2D eigenvalue weighted by molar-refractivity contribution is 6.32. The maximum absolute atomic E-state index is 6.53. The molecular formula is C25H19Cl2N5O. The molecule has 8 heteroatoms. The van der Waals surface area contributed by atoms with Crippen LogP contribution in [0.3, 0.4) is 0 Å². The molecule has 5 rings (SSSR count). The summed E-state index contributed by atoms with van der Waals surface area (Å²) in [5.74, 6) is 2.45. The van der Waals surface area contributed by atoms with Gasteiger partial charge in [0.05, 0.1) is 10.7 Å². The molecule has 0 saturated carbocycles. The van der Waals surface area contributed by atoms with E-state index < -0.39 is 0 Å². The molecular weight excluding hydrogens is 457 g/mol. The van der Waals surface area contributed by atoms with Gasteiger partial charge in [-0.15, -0.1) is 20.4 Å². The number of benzene rings is 3. The van der Waals surface area contributed by atoms with Crippen LogP contribution >= 0.6 is 23.2 Å². The number of aryl methyl sites for hydroxylation is 3. The molecule has 164 valence electrons. The Balaban J connectivity index is 1.46. The van der Waals surface area contributed by atoms with Crippen LogP contribution in [0.2, 0.25) is 10.0 Å². The molecule has 0 spiro atoms. The quantitative estimate of drug-likeness (QED) is 0.284. The second-order valence-corrected chi connectivity index (χ2v) is 8.44. The summed E-state index contributed by atoms with van der Waals surface area (Å²) < 4.78 is 7.85. The van der Waals surface area contributed by atoms with Crippen LogP contribution in [-0.4, -0.2) is 25.0 Å². The third-order valence-corrected chi connectivity index (χ3v) is 5.83. The summed E-state index contributed by atoms with van der Waals surface area (Å²) in [4.78, 5) is 0. The van der Waals surface area contributed by atoms with Gasteiger partial charge in [-0.2, -0.15) is 0 Å². The van der Waals surface area contributed by atoms with E-state index in [1.807, 2.05) is 84.3 Å². The Kier molecular flexibility index (Phi) is 5.94. The molecule has 0 unspecified atom stereocenters. The third kappa shape index (κ3) is 4.53. The molecule has 6 nitrogen and oxygen atoms in total. The average Bonchev–Trinajstić information content (AvgIpc) is 3.46. The second-order valence-electron chi connectivity index (χ2n) is 7.60. The predicted octanol–water partition coefficient (Wildman–Crippen LogP) is 6.38. The summed E-state index contributed by atoms with van der Waals surface area (Å²) in [6.07, 6.45) is 1.06. The molecule has 5 aromatic rings. The molecule has 0 aliphatic rings. The Morgan fingerprint density at radius 1 is 0.758 bits per heavy atom. The van der Waals surface area contributed by atoms with Crippen molar-refractivity contribution in [3.05, 3.63) is 100 Å². The zero-order chi connectivity index (χ0) is 22.8. The Bertz CT molecular complexity index is 1390.